The number of likely N-dealkylation sites (tertiary alicyclic amines) is 1. The number of carbonyl (C=O) groups is 2. The van der Waals surface area contributed by atoms with Crippen LogP contribution in [0.25, 0.3) is 0 Å². The van der Waals surface area contributed by atoms with Gasteiger partial charge in [-0.05, 0) is 120 Å². The van der Waals surface area contributed by atoms with Gasteiger partial charge < -0.3 is 15.0 Å². The highest BCUT2D eigenvalue weighted by Crippen LogP contribution is 2.35. The number of ether oxygens (including phenoxy) is 1. The summed E-state index contributed by atoms with van der Waals surface area (Å²) in [6.45, 7) is 5.42. The van der Waals surface area contributed by atoms with Crippen LogP contribution >= 0.6 is 0 Å². The molecule has 1 atom stereocenters. The fraction of sp³-hybridized carbons (Fsp3) is 0.548. The van der Waals surface area contributed by atoms with Crippen LogP contribution in [0.5, 0.6) is 5.75 Å². The lowest BCUT2D eigenvalue weighted by atomic mass is 9.80. The Morgan fingerprint density at radius 2 is 1.70 bits per heavy atom. The van der Waals surface area contributed by atoms with Crippen LogP contribution in [0.15, 0.2) is 48.5 Å². The highest BCUT2D eigenvalue weighted by atomic mass is 19.1. The number of halogens is 1. The van der Waals surface area contributed by atoms with Gasteiger partial charge in [-0.1, -0.05) is 18.2 Å². The summed E-state index contributed by atoms with van der Waals surface area (Å²) in [4.78, 5) is 28.4. The van der Waals surface area contributed by atoms with E-state index in [4.69, 9.17) is 4.74 Å². The highest BCUT2D eigenvalue weighted by molar-refractivity contribution is 5.97. The van der Waals surface area contributed by atoms with E-state index in [1.54, 1.807) is 12.1 Å². The maximum Gasteiger partial charge on any atom is 0.229 e. The molecule has 0 spiro atoms. The molecule has 0 aromatic heterocycles. The molecule has 5 nitrogen and oxygen atoms in total. The monoisotopic (exact) mass is 506 g/mol. The van der Waals surface area contributed by atoms with Crippen LogP contribution in [0.3, 0.4) is 0 Å². The lowest BCUT2D eigenvalue weighted by Crippen LogP contribution is -2.50. The first-order chi connectivity index (χ1) is 17.9. The van der Waals surface area contributed by atoms with Crippen molar-refractivity contribution in [1.29, 1.82) is 0 Å². The van der Waals surface area contributed by atoms with Crippen molar-refractivity contribution in [3.8, 4) is 5.75 Å². The van der Waals surface area contributed by atoms with E-state index < -0.39 is 5.41 Å². The zero-order valence-corrected chi connectivity index (χ0v) is 21.9. The minimum Gasteiger partial charge on any atom is -0.492 e. The van der Waals surface area contributed by atoms with Crippen LogP contribution in [0, 0.1) is 23.1 Å². The zero-order chi connectivity index (χ0) is 25.8. The Morgan fingerprint density at radius 1 is 1.00 bits per heavy atom. The predicted molar refractivity (Wildman–Crippen MR) is 142 cm³/mol. The molecule has 37 heavy (non-hydrogen) atoms. The summed E-state index contributed by atoms with van der Waals surface area (Å²) in [5.74, 6) is 1.61. The van der Waals surface area contributed by atoms with Gasteiger partial charge in [-0.25, -0.2) is 4.39 Å². The molecule has 1 unspecified atom stereocenters. The van der Waals surface area contributed by atoms with Gasteiger partial charge in [0.1, 0.15) is 18.2 Å². The van der Waals surface area contributed by atoms with Crippen molar-refractivity contribution in [1.82, 2.24) is 10.2 Å². The lowest BCUT2D eigenvalue weighted by Gasteiger charge is -2.37. The minimum atomic E-state index is -0.518. The number of benzene rings is 2. The number of hydrogen-bond donors (Lipinski definition) is 1. The molecule has 198 valence electrons. The molecule has 5 rings (SSSR count). The van der Waals surface area contributed by atoms with Gasteiger partial charge in [0.2, 0.25) is 5.91 Å². The van der Waals surface area contributed by atoms with Crippen LogP contribution in [0.4, 0.5) is 4.39 Å². The Kier molecular flexibility index (Phi) is 7.94. The van der Waals surface area contributed by atoms with E-state index in [9.17, 15) is 14.0 Å². The van der Waals surface area contributed by atoms with E-state index >= 15 is 0 Å². The third kappa shape index (κ3) is 6.23. The van der Waals surface area contributed by atoms with Crippen molar-refractivity contribution in [2.75, 3.05) is 26.2 Å². The molecule has 2 heterocycles. The molecular formula is C31H39FN2O3. The van der Waals surface area contributed by atoms with Crippen LogP contribution in [0.1, 0.15) is 67.8 Å². The van der Waals surface area contributed by atoms with E-state index in [0.717, 1.165) is 75.9 Å². The number of rotatable bonds is 7. The Morgan fingerprint density at radius 3 is 2.43 bits per heavy atom. The number of hydrogen-bond acceptors (Lipinski definition) is 4. The molecule has 1 N–H and O–H groups in total. The Hall–Kier alpha value is -2.73. The first kappa shape index (κ1) is 25.9. The largest absolute Gasteiger partial charge is 0.492 e. The zero-order valence-electron chi connectivity index (χ0n) is 21.9. The van der Waals surface area contributed by atoms with E-state index in [0.29, 0.717) is 18.1 Å². The summed E-state index contributed by atoms with van der Waals surface area (Å²) in [7, 11) is 0. The van der Waals surface area contributed by atoms with Crippen molar-refractivity contribution in [2.45, 2.75) is 64.3 Å². The SMILES string of the molecule is CC1(C(=O)NC2CCC(CCN3CCC(C(=O)c4ccc(F)cc4)CC3)CC2)COc2ccccc2C1. The van der Waals surface area contributed by atoms with Gasteiger partial charge >= 0.3 is 0 Å². The fourth-order valence-corrected chi connectivity index (χ4v) is 6.23. The molecule has 3 aliphatic rings. The number of amides is 1. The van der Waals surface area contributed by atoms with Crippen LogP contribution in [-0.2, 0) is 11.2 Å². The summed E-state index contributed by atoms with van der Waals surface area (Å²) >= 11 is 0. The quantitative estimate of drug-likeness (QED) is 0.509. The lowest BCUT2D eigenvalue weighted by molar-refractivity contribution is -0.133. The number of para-hydroxylation sites is 1. The molecule has 1 saturated heterocycles. The van der Waals surface area contributed by atoms with Gasteiger partial charge in [-0.2, -0.15) is 0 Å². The average molecular weight is 507 g/mol. The number of nitrogens with zero attached hydrogens (tertiary/aromatic N) is 1. The maximum absolute atomic E-state index is 13.2. The van der Waals surface area contributed by atoms with Gasteiger partial charge in [0, 0.05) is 17.5 Å². The Labute approximate surface area is 219 Å². The van der Waals surface area contributed by atoms with Gasteiger partial charge in [0.25, 0.3) is 0 Å². The molecule has 2 aliphatic heterocycles. The number of carbonyl (C=O) groups excluding carboxylic acids is 2. The molecule has 0 bridgehead atoms. The Balaban J connectivity index is 1.01. The van der Waals surface area contributed by atoms with Gasteiger partial charge in [-0.3, -0.25) is 9.59 Å². The summed E-state index contributed by atoms with van der Waals surface area (Å²) in [6.07, 6.45) is 8.04. The van der Waals surface area contributed by atoms with Crippen molar-refractivity contribution in [2.24, 2.45) is 17.3 Å². The second kappa shape index (κ2) is 11.3. The van der Waals surface area contributed by atoms with Gasteiger partial charge in [0.15, 0.2) is 5.78 Å². The number of piperidine rings is 1. The molecule has 2 aromatic rings. The van der Waals surface area contributed by atoms with E-state index in [1.807, 2.05) is 25.1 Å². The van der Waals surface area contributed by atoms with Crippen LogP contribution < -0.4 is 10.1 Å². The molecule has 2 fully saturated rings. The van der Waals surface area contributed by atoms with Crippen molar-refractivity contribution in [3.63, 3.8) is 0 Å². The molecule has 2 aromatic carbocycles. The molecule has 6 heteroatoms. The second-order valence-electron chi connectivity index (χ2n) is 11.6. The fourth-order valence-electron chi connectivity index (χ4n) is 6.23. The van der Waals surface area contributed by atoms with E-state index in [-0.39, 0.29) is 29.5 Å². The van der Waals surface area contributed by atoms with E-state index in [2.05, 4.69) is 16.3 Å². The van der Waals surface area contributed by atoms with Crippen LogP contribution in [-0.4, -0.2) is 48.9 Å². The number of ketones is 1. The normalized spacial score (nSPS) is 26.6. The first-order valence-electron chi connectivity index (χ1n) is 13.9. The number of nitrogens with one attached hydrogen (secondary N) is 1. The minimum absolute atomic E-state index is 0.0469. The third-order valence-corrected chi connectivity index (χ3v) is 8.77. The summed E-state index contributed by atoms with van der Waals surface area (Å²) in [5, 5.41) is 3.34. The smallest absolute Gasteiger partial charge is 0.229 e. The standard InChI is InChI=1S/C31H39FN2O3/c1-31(20-25-4-2-3-5-28(25)37-21-31)30(36)33-27-12-6-22(7-13-27)14-17-34-18-15-24(16-19-34)29(35)23-8-10-26(32)11-9-23/h2-5,8-11,22,24,27H,6-7,12-21H2,1H3,(H,33,36). The topological polar surface area (TPSA) is 58.6 Å². The molecule has 0 radical (unpaired) electrons. The van der Waals surface area contributed by atoms with Crippen LogP contribution in [0.2, 0.25) is 0 Å². The van der Waals surface area contributed by atoms with Crippen molar-refractivity contribution < 1.29 is 18.7 Å². The van der Waals surface area contributed by atoms with Crippen molar-refractivity contribution in [3.05, 3.63) is 65.5 Å². The van der Waals surface area contributed by atoms with E-state index in [1.165, 1.54) is 18.6 Å². The summed E-state index contributed by atoms with van der Waals surface area (Å²) in [6, 6.07) is 14.2. The number of fused-ring (bicyclic) bond motifs is 1. The van der Waals surface area contributed by atoms with Gasteiger partial charge in [0.05, 0.1) is 5.41 Å². The highest BCUT2D eigenvalue weighted by Gasteiger charge is 2.39. The average Bonchev–Trinajstić information content (AvgIpc) is 2.93. The molecule has 1 amide bonds. The summed E-state index contributed by atoms with van der Waals surface area (Å²) in [5.41, 5.74) is 1.22. The maximum atomic E-state index is 13.2. The van der Waals surface area contributed by atoms with Crippen molar-refractivity contribution >= 4 is 11.7 Å². The predicted octanol–water partition coefficient (Wildman–Crippen LogP) is 5.43. The molecular weight excluding hydrogens is 467 g/mol. The Bertz CT molecular complexity index is 1090. The first-order valence-corrected chi connectivity index (χ1v) is 13.9. The third-order valence-electron chi connectivity index (χ3n) is 8.77. The number of Topliss-reactive ketones (excluding diaryl/α,β-unsaturated/α-hetero) is 1. The van der Waals surface area contributed by atoms with Gasteiger partial charge in [-0.15, -0.1) is 0 Å². The second-order valence-corrected chi connectivity index (χ2v) is 11.6. The summed E-state index contributed by atoms with van der Waals surface area (Å²) < 4.78 is 19.1. The molecule has 1 aliphatic carbocycles. The molecule has 1 saturated carbocycles.